The first-order valence-corrected chi connectivity index (χ1v) is 6.31. The quantitative estimate of drug-likeness (QED) is 0.746. The van der Waals surface area contributed by atoms with Gasteiger partial charge in [0.1, 0.15) is 5.75 Å². The minimum Gasteiger partial charge on any atom is -0.496 e. The first-order chi connectivity index (χ1) is 9.51. The van der Waals surface area contributed by atoms with Gasteiger partial charge in [0.15, 0.2) is 5.82 Å². The van der Waals surface area contributed by atoms with Crippen LogP contribution < -0.4 is 15.8 Å². The molecular formula is C14H18N4O2. The van der Waals surface area contributed by atoms with Crippen LogP contribution in [0.1, 0.15) is 35.8 Å². The molecule has 0 radical (unpaired) electrons. The van der Waals surface area contributed by atoms with Gasteiger partial charge in [-0.05, 0) is 24.1 Å². The summed E-state index contributed by atoms with van der Waals surface area (Å²) in [6.07, 6.45) is 0. The molecule has 0 unspecified atom stereocenters. The molecule has 0 bridgehead atoms. The minimum absolute atomic E-state index is 0.309. The number of rotatable bonds is 4. The number of benzene rings is 1. The van der Waals surface area contributed by atoms with Crippen molar-refractivity contribution in [2.45, 2.75) is 19.8 Å². The maximum atomic E-state index is 12.2. The van der Waals surface area contributed by atoms with E-state index >= 15 is 0 Å². The zero-order valence-corrected chi connectivity index (χ0v) is 11.7. The molecule has 0 aliphatic rings. The number of H-pyrrole nitrogens is 1. The molecule has 6 nitrogen and oxygen atoms in total. The van der Waals surface area contributed by atoms with Crippen LogP contribution >= 0.6 is 0 Å². The van der Waals surface area contributed by atoms with Crippen LogP contribution in [0.3, 0.4) is 0 Å². The summed E-state index contributed by atoms with van der Waals surface area (Å²) < 4.78 is 5.16. The second kappa shape index (κ2) is 5.64. The highest BCUT2D eigenvalue weighted by Gasteiger charge is 2.14. The van der Waals surface area contributed by atoms with Gasteiger partial charge in [0.2, 0.25) is 0 Å². The molecule has 0 saturated heterocycles. The van der Waals surface area contributed by atoms with E-state index in [-0.39, 0.29) is 5.91 Å². The van der Waals surface area contributed by atoms with Crippen LogP contribution in [0.5, 0.6) is 5.75 Å². The van der Waals surface area contributed by atoms with Gasteiger partial charge in [-0.1, -0.05) is 13.8 Å². The molecule has 0 aliphatic carbocycles. The van der Waals surface area contributed by atoms with Gasteiger partial charge in [0.05, 0.1) is 12.7 Å². The lowest BCUT2D eigenvalue weighted by Crippen LogP contribution is -2.13. The van der Waals surface area contributed by atoms with Gasteiger partial charge < -0.3 is 15.8 Å². The number of nitrogens with one attached hydrogen (secondary N) is 2. The average Bonchev–Trinajstić information content (AvgIpc) is 2.87. The molecule has 0 aliphatic heterocycles. The first-order valence-electron chi connectivity index (χ1n) is 6.31. The fraction of sp³-hybridized carbons (Fsp3) is 0.286. The van der Waals surface area contributed by atoms with E-state index in [2.05, 4.69) is 15.5 Å². The fourth-order valence-electron chi connectivity index (χ4n) is 1.78. The Balaban J connectivity index is 2.21. The van der Waals surface area contributed by atoms with E-state index in [1.54, 1.807) is 24.3 Å². The molecule has 4 N–H and O–H groups in total. The van der Waals surface area contributed by atoms with Crippen LogP contribution in [-0.2, 0) is 0 Å². The molecule has 0 atom stereocenters. The second-order valence-corrected chi connectivity index (χ2v) is 4.78. The number of nitrogen functional groups attached to an aromatic ring is 1. The van der Waals surface area contributed by atoms with E-state index in [4.69, 9.17) is 10.5 Å². The summed E-state index contributed by atoms with van der Waals surface area (Å²) in [5.41, 5.74) is 7.54. The van der Waals surface area contributed by atoms with Gasteiger partial charge in [-0.25, -0.2) is 0 Å². The standard InChI is InChI=1S/C14H18N4O2/c1-8(2)11-7-13(18-17-11)16-14(19)10-6-9(15)4-5-12(10)20-3/h4-8H,15H2,1-3H3,(H2,16,17,18,19). The fourth-order valence-corrected chi connectivity index (χ4v) is 1.78. The number of ether oxygens (including phenoxy) is 1. The van der Waals surface area contributed by atoms with Gasteiger partial charge in [0, 0.05) is 17.4 Å². The SMILES string of the molecule is COc1ccc(N)cc1C(=O)Nc1cc(C(C)C)[nH]n1. The normalized spacial score (nSPS) is 10.6. The summed E-state index contributed by atoms with van der Waals surface area (Å²) in [7, 11) is 1.51. The van der Waals surface area contributed by atoms with Crippen molar-refractivity contribution in [3.05, 3.63) is 35.5 Å². The van der Waals surface area contributed by atoms with Crippen molar-refractivity contribution in [2.24, 2.45) is 0 Å². The van der Waals surface area contributed by atoms with E-state index in [0.29, 0.717) is 28.7 Å². The van der Waals surface area contributed by atoms with Crippen LogP contribution in [0, 0.1) is 0 Å². The summed E-state index contributed by atoms with van der Waals surface area (Å²) >= 11 is 0. The Hall–Kier alpha value is -2.50. The van der Waals surface area contributed by atoms with E-state index < -0.39 is 0 Å². The minimum atomic E-state index is -0.309. The van der Waals surface area contributed by atoms with E-state index in [0.717, 1.165) is 5.69 Å². The van der Waals surface area contributed by atoms with Crippen LogP contribution in [-0.4, -0.2) is 23.2 Å². The third-order valence-electron chi connectivity index (χ3n) is 2.93. The highest BCUT2D eigenvalue weighted by Crippen LogP contribution is 2.22. The number of carbonyl (C=O) groups is 1. The second-order valence-electron chi connectivity index (χ2n) is 4.78. The Labute approximate surface area is 117 Å². The Morgan fingerprint density at radius 2 is 2.15 bits per heavy atom. The predicted octanol–water partition coefficient (Wildman–Crippen LogP) is 2.38. The van der Waals surface area contributed by atoms with Crippen molar-refractivity contribution in [1.82, 2.24) is 10.2 Å². The molecule has 20 heavy (non-hydrogen) atoms. The van der Waals surface area contributed by atoms with Crippen molar-refractivity contribution in [3.63, 3.8) is 0 Å². The smallest absolute Gasteiger partial charge is 0.260 e. The Kier molecular flexibility index (Phi) is 3.93. The molecule has 1 heterocycles. The monoisotopic (exact) mass is 274 g/mol. The number of nitrogens with two attached hydrogens (primary N) is 1. The highest BCUT2D eigenvalue weighted by atomic mass is 16.5. The predicted molar refractivity (Wildman–Crippen MR) is 78.0 cm³/mol. The van der Waals surface area contributed by atoms with Crippen molar-refractivity contribution < 1.29 is 9.53 Å². The molecule has 2 aromatic rings. The van der Waals surface area contributed by atoms with Crippen LogP contribution in [0.4, 0.5) is 11.5 Å². The number of hydrogen-bond donors (Lipinski definition) is 3. The summed E-state index contributed by atoms with van der Waals surface area (Å²) in [5.74, 6) is 0.950. The van der Waals surface area contributed by atoms with E-state index in [1.165, 1.54) is 7.11 Å². The van der Waals surface area contributed by atoms with Crippen molar-refractivity contribution >= 4 is 17.4 Å². The first kappa shape index (κ1) is 13.9. The zero-order valence-electron chi connectivity index (χ0n) is 11.7. The van der Waals surface area contributed by atoms with Crippen LogP contribution in [0.2, 0.25) is 0 Å². The number of hydrogen-bond acceptors (Lipinski definition) is 4. The number of nitrogens with zero attached hydrogens (tertiary/aromatic N) is 1. The summed E-state index contributed by atoms with van der Waals surface area (Å²) in [5, 5.41) is 9.65. The van der Waals surface area contributed by atoms with E-state index in [9.17, 15) is 4.79 Å². The number of carbonyl (C=O) groups excluding carboxylic acids is 1. The van der Waals surface area contributed by atoms with Gasteiger partial charge in [-0.3, -0.25) is 9.89 Å². The Morgan fingerprint density at radius 3 is 2.75 bits per heavy atom. The molecule has 6 heteroatoms. The third-order valence-corrected chi connectivity index (χ3v) is 2.93. The molecule has 0 saturated carbocycles. The average molecular weight is 274 g/mol. The maximum absolute atomic E-state index is 12.2. The Morgan fingerprint density at radius 1 is 1.40 bits per heavy atom. The number of amides is 1. The van der Waals surface area contributed by atoms with E-state index in [1.807, 2.05) is 13.8 Å². The summed E-state index contributed by atoms with van der Waals surface area (Å²) in [4.78, 5) is 12.2. The van der Waals surface area contributed by atoms with Crippen LogP contribution in [0.15, 0.2) is 24.3 Å². The zero-order chi connectivity index (χ0) is 14.7. The van der Waals surface area contributed by atoms with Crippen molar-refractivity contribution in [1.29, 1.82) is 0 Å². The van der Waals surface area contributed by atoms with Crippen molar-refractivity contribution in [3.8, 4) is 5.75 Å². The summed E-state index contributed by atoms with van der Waals surface area (Å²) in [6, 6.07) is 6.72. The third kappa shape index (κ3) is 2.90. The lowest BCUT2D eigenvalue weighted by Gasteiger charge is -2.08. The number of anilines is 2. The molecule has 106 valence electrons. The topological polar surface area (TPSA) is 93.0 Å². The van der Waals surface area contributed by atoms with Gasteiger partial charge in [-0.2, -0.15) is 5.10 Å². The van der Waals surface area contributed by atoms with Gasteiger partial charge >= 0.3 is 0 Å². The molecular weight excluding hydrogens is 256 g/mol. The van der Waals surface area contributed by atoms with Crippen molar-refractivity contribution in [2.75, 3.05) is 18.2 Å². The van der Waals surface area contributed by atoms with Gasteiger partial charge in [-0.15, -0.1) is 0 Å². The summed E-state index contributed by atoms with van der Waals surface area (Å²) in [6.45, 7) is 4.08. The largest absolute Gasteiger partial charge is 0.496 e. The maximum Gasteiger partial charge on any atom is 0.260 e. The van der Waals surface area contributed by atoms with Crippen LogP contribution in [0.25, 0.3) is 0 Å². The Bertz CT molecular complexity index is 619. The molecule has 0 spiro atoms. The molecule has 1 amide bonds. The number of aromatic amines is 1. The highest BCUT2D eigenvalue weighted by molar-refractivity contribution is 6.06. The molecule has 2 rings (SSSR count). The lowest BCUT2D eigenvalue weighted by molar-refractivity contribution is 0.102. The molecule has 0 fully saturated rings. The number of methoxy groups -OCH3 is 1. The molecule has 1 aromatic heterocycles. The van der Waals surface area contributed by atoms with Gasteiger partial charge in [0.25, 0.3) is 5.91 Å². The molecule has 1 aromatic carbocycles. The lowest BCUT2D eigenvalue weighted by atomic mass is 10.1. The number of aromatic nitrogens is 2.